The molecule has 1 amide bonds. The first kappa shape index (κ1) is 19.5. The highest BCUT2D eigenvalue weighted by Crippen LogP contribution is 2.32. The van der Waals surface area contributed by atoms with Crippen LogP contribution in [0.25, 0.3) is 33.1 Å². The number of aromatic amines is 1. The first-order chi connectivity index (χ1) is 15.5. The number of nitrogen functional groups attached to an aromatic ring is 1. The van der Waals surface area contributed by atoms with E-state index in [1.165, 1.54) is 19.2 Å². The van der Waals surface area contributed by atoms with Crippen molar-refractivity contribution in [2.24, 2.45) is 0 Å². The third-order valence-corrected chi connectivity index (χ3v) is 5.23. The molecule has 5 rings (SSSR count). The van der Waals surface area contributed by atoms with Crippen molar-refractivity contribution in [3.63, 3.8) is 0 Å². The molecular weight excluding hydrogens is 409 g/mol. The zero-order valence-electron chi connectivity index (χ0n) is 17.0. The molecule has 0 spiro atoms. The van der Waals surface area contributed by atoms with Gasteiger partial charge in [-0.3, -0.25) is 4.79 Å². The van der Waals surface area contributed by atoms with E-state index in [2.05, 4.69) is 20.3 Å². The number of H-pyrrole nitrogens is 1. The Morgan fingerprint density at radius 3 is 2.81 bits per heavy atom. The predicted molar refractivity (Wildman–Crippen MR) is 122 cm³/mol. The molecule has 0 radical (unpaired) electrons. The molecule has 0 aliphatic carbocycles. The van der Waals surface area contributed by atoms with Crippen LogP contribution in [0, 0.1) is 5.82 Å². The number of nitrogens with zero attached hydrogens (tertiary/aromatic N) is 2. The molecule has 3 aromatic carbocycles. The number of hydrogen-bond donors (Lipinski definition) is 3. The highest BCUT2D eigenvalue weighted by atomic mass is 19.1. The van der Waals surface area contributed by atoms with Crippen molar-refractivity contribution in [3.05, 3.63) is 78.2 Å². The Balaban J connectivity index is 1.61. The highest BCUT2D eigenvalue weighted by Gasteiger charge is 2.18. The molecule has 2 heterocycles. The van der Waals surface area contributed by atoms with Crippen LogP contribution in [0.1, 0.15) is 10.4 Å². The van der Waals surface area contributed by atoms with Crippen LogP contribution in [0.3, 0.4) is 0 Å². The van der Waals surface area contributed by atoms with E-state index in [1.807, 2.05) is 30.5 Å². The Kier molecular flexibility index (Phi) is 4.67. The first-order valence-corrected chi connectivity index (χ1v) is 9.82. The second kappa shape index (κ2) is 7.66. The monoisotopic (exact) mass is 427 g/mol. The van der Waals surface area contributed by atoms with Crippen LogP contribution in [0.15, 0.2) is 66.9 Å². The van der Waals surface area contributed by atoms with Crippen molar-refractivity contribution in [2.45, 2.75) is 0 Å². The van der Waals surface area contributed by atoms with Crippen LogP contribution in [0.4, 0.5) is 16.0 Å². The fraction of sp³-hybridized carbons (Fsp3) is 0.0417. The third kappa shape index (κ3) is 3.37. The van der Waals surface area contributed by atoms with Gasteiger partial charge in [0.05, 0.1) is 35.1 Å². The van der Waals surface area contributed by atoms with Gasteiger partial charge in [-0.2, -0.15) is 0 Å². The Morgan fingerprint density at radius 1 is 1.09 bits per heavy atom. The number of rotatable bonds is 4. The Bertz CT molecular complexity index is 1500. The van der Waals surface area contributed by atoms with Crippen molar-refractivity contribution in [2.75, 3.05) is 18.2 Å². The fourth-order valence-electron chi connectivity index (χ4n) is 3.75. The van der Waals surface area contributed by atoms with Gasteiger partial charge in [0.15, 0.2) is 0 Å². The number of methoxy groups -OCH3 is 1. The summed E-state index contributed by atoms with van der Waals surface area (Å²) >= 11 is 0. The van der Waals surface area contributed by atoms with E-state index in [0.717, 1.165) is 10.9 Å². The zero-order chi connectivity index (χ0) is 22.2. The molecule has 5 aromatic rings. The highest BCUT2D eigenvalue weighted by molar-refractivity contribution is 6.10. The van der Waals surface area contributed by atoms with Gasteiger partial charge in [-0.25, -0.2) is 14.4 Å². The van der Waals surface area contributed by atoms with Crippen molar-refractivity contribution in [1.82, 2.24) is 15.0 Å². The van der Waals surface area contributed by atoms with Gasteiger partial charge in [0.25, 0.3) is 5.91 Å². The molecule has 0 unspecified atom stereocenters. The van der Waals surface area contributed by atoms with Gasteiger partial charge in [-0.15, -0.1) is 0 Å². The number of carbonyl (C=O) groups is 1. The number of hydrogen-bond acceptors (Lipinski definition) is 5. The molecule has 0 atom stereocenters. The number of para-hydroxylation sites is 1. The number of halogens is 1. The topological polar surface area (TPSA) is 106 Å². The van der Waals surface area contributed by atoms with E-state index in [-0.39, 0.29) is 11.9 Å². The molecule has 158 valence electrons. The second-order valence-electron chi connectivity index (χ2n) is 7.21. The van der Waals surface area contributed by atoms with Crippen molar-refractivity contribution < 1.29 is 13.9 Å². The maximum absolute atomic E-state index is 13.9. The number of nitrogens with one attached hydrogen (secondary N) is 2. The summed E-state index contributed by atoms with van der Waals surface area (Å²) in [5, 5.41) is 4.40. The van der Waals surface area contributed by atoms with Gasteiger partial charge in [-0.05, 0) is 48.5 Å². The van der Waals surface area contributed by atoms with Gasteiger partial charge in [0, 0.05) is 22.5 Å². The summed E-state index contributed by atoms with van der Waals surface area (Å²) in [6.45, 7) is 0. The van der Waals surface area contributed by atoms with E-state index in [1.54, 1.807) is 24.3 Å². The Hall–Kier alpha value is -4.46. The number of amides is 1. The smallest absolute Gasteiger partial charge is 0.259 e. The van der Waals surface area contributed by atoms with Gasteiger partial charge >= 0.3 is 0 Å². The molecule has 32 heavy (non-hydrogen) atoms. The van der Waals surface area contributed by atoms with Crippen LogP contribution in [-0.2, 0) is 0 Å². The standard InChI is InChI=1S/C24H18FN5O2/c1-32-20-8-5-14(21-16-12-15(25)6-7-18(16)29-24(26)30-21)11-17(20)23(31)28-19-4-2-3-13-9-10-27-22(13)19/h2-12,27H,1H3,(H,28,31)(H2,26,29,30). The van der Waals surface area contributed by atoms with Crippen LogP contribution < -0.4 is 15.8 Å². The average molecular weight is 427 g/mol. The minimum atomic E-state index is -0.419. The summed E-state index contributed by atoms with van der Waals surface area (Å²) in [5.74, 6) is -0.331. The molecule has 7 nitrogen and oxygen atoms in total. The second-order valence-corrected chi connectivity index (χ2v) is 7.21. The molecule has 0 fully saturated rings. The quantitative estimate of drug-likeness (QED) is 0.383. The summed E-state index contributed by atoms with van der Waals surface area (Å²) < 4.78 is 19.3. The average Bonchev–Trinajstić information content (AvgIpc) is 3.28. The van der Waals surface area contributed by atoms with E-state index < -0.39 is 5.82 Å². The number of aromatic nitrogens is 3. The molecular formula is C24H18FN5O2. The summed E-state index contributed by atoms with van der Waals surface area (Å²) in [5.41, 5.74) is 9.16. The van der Waals surface area contributed by atoms with Crippen molar-refractivity contribution >= 4 is 39.3 Å². The lowest BCUT2D eigenvalue weighted by atomic mass is 10.0. The number of fused-ring (bicyclic) bond motifs is 2. The lowest BCUT2D eigenvalue weighted by molar-refractivity contribution is 0.102. The lowest BCUT2D eigenvalue weighted by Gasteiger charge is -2.13. The van der Waals surface area contributed by atoms with Crippen LogP contribution in [0.5, 0.6) is 5.75 Å². The first-order valence-electron chi connectivity index (χ1n) is 9.82. The predicted octanol–water partition coefficient (Wildman–Crippen LogP) is 4.76. The fourth-order valence-corrected chi connectivity index (χ4v) is 3.75. The normalized spacial score (nSPS) is 11.1. The molecule has 0 aliphatic rings. The summed E-state index contributed by atoms with van der Waals surface area (Å²) in [4.78, 5) is 24.8. The van der Waals surface area contributed by atoms with E-state index in [9.17, 15) is 9.18 Å². The number of nitrogens with two attached hydrogens (primary N) is 1. The number of benzene rings is 3. The van der Waals surface area contributed by atoms with E-state index in [0.29, 0.717) is 39.2 Å². The maximum Gasteiger partial charge on any atom is 0.259 e. The summed E-state index contributed by atoms with van der Waals surface area (Å²) in [6.07, 6.45) is 1.81. The van der Waals surface area contributed by atoms with E-state index >= 15 is 0 Å². The van der Waals surface area contributed by atoms with E-state index in [4.69, 9.17) is 10.5 Å². The van der Waals surface area contributed by atoms with Crippen molar-refractivity contribution in [3.8, 4) is 17.0 Å². The molecule has 0 bridgehead atoms. The zero-order valence-corrected chi connectivity index (χ0v) is 17.0. The summed E-state index contributed by atoms with van der Waals surface area (Å²) in [7, 11) is 1.49. The minimum Gasteiger partial charge on any atom is -0.496 e. The molecule has 0 saturated carbocycles. The Labute approximate surface area is 182 Å². The van der Waals surface area contributed by atoms with Crippen molar-refractivity contribution in [1.29, 1.82) is 0 Å². The summed E-state index contributed by atoms with van der Waals surface area (Å²) in [6, 6.07) is 16.8. The third-order valence-electron chi connectivity index (χ3n) is 5.23. The SMILES string of the molecule is COc1ccc(-c2nc(N)nc3ccc(F)cc23)cc1C(=O)Nc1cccc2cc[nH]c12. The molecule has 2 aromatic heterocycles. The van der Waals surface area contributed by atoms with Gasteiger partial charge in [-0.1, -0.05) is 12.1 Å². The van der Waals surface area contributed by atoms with Gasteiger partial charge in [0.1, 0.15) is 11.6 Å². The van der Waals surface area contributed by atoms with Crippen LogP contribution in [-0.4, -0.2) is 28.0 Å². The molecule has 0 saturated heterocycles. The Morgan fingerprint density at radius 2 is 1.97 bits per heavy atom. The number of carbonyl (C=O) groups excluding carboxylic acids is 1. The van der Waals surface area contributed by atoms with Crippen LogP contribution >= 0.6 is 0 Å². The number of anilines is 2. The molecule has 0 aliphatic heterocycles. The molecule has 8 heteroatoms. The molecule has 4 N–H and O–H groups in total. The number of ether oxygens (including phenoxy) is 1. The lowest BCUT2D eigenvalue weighted by Crippen LogP contribution is -2.14. The maximum atomic E-state index is 13.9. The van der Waals surface area contributed by atoms with Crippen LogP contribution in [0.2, 0.25) is 0 Å². The largest absolute Gasteiger partial charge is 0.496 e. The minimum absolute atomic E-state index is 0.0550. The van der Waals surface area contributed by atoms with Gasteiger partial charge < -0.3 is 20.8 Å². The van der Waals surface area contributed by atoms with Gasteiger partial charge in [0.2, 0.25) is 5.95 Å².